The number of benzene rings is 4. The molecule has 0 spiro atoms. The van der Waals surface area contributed by atoms with E-state index in [0.717, 1.165) is 0 Å². The first-order chi connectivity index (χ1) is 16.3. The van der Waals surface area contributed by atoms with Crippen LogP contribution in [0.15, 0.2) is 57.7 Å². The minimum absolute atomic E-state index is 0.143. The summed E-state index contributed by atoms with van der Waals surface area (Å²) >= 11 is 6.32. The quantitative estimate of drug-likeness (QED) is 0.0993. The van der Waals surface area contributed by atoms with Crippen molar-refractivity contribution in [3.05, 3.63) is 53.6 Å². The zero-order valence-corrected chi connectivity index (χ0v) is 17.7. The molecule has 0 amide bonds. The van der Waals surface area contributed by atoms with Gasteiger partial charge in [-0.3, -0.25) is 9.15 Å². The second-order valence-electron chi connectivity index (χ2n) is 7.70. The standard InChI is InChI=1S/C24H14ClNO8/c25-15-18(28)19(29)16-14-12-10(7-4-8-11(12)26(16)9-5-2-1-3-6-9)13-17(27)20(30)21(31)22(32)24(13)34-33-23(14)15/h1-8,27-32H. The number of phenols is 6. The maximum Gasteiger partial charge on any atom is 0.235 e. The van der Waals surface area contributed by atoms with E-state index in [0.29, 0.717) is 16.6 Å². The summed E-state index contributed by atoms with van der Waals surface area (Å²) in [5, 5.41) is 63.3. The van der Waals surface area contributed by atoms with E-state index < -0.39 is 40.1 Å². The average molecular weight is 480 g/mol. The molecule has 0 aliphatic rings. The molecule has 2 aromatic heterocycles. The second-order valence-corrected chi connectivity index (χ2v) is 8.08. The summed E-state index contributed by atoms with van der Waals surface area (Å²) in [6.45, 7) is 0. The largest absolute Gasteiger partial charge is 0.504 e. The van der Waals surface area contributed by atoms with Crippen molar-refractivity contribution < 1.29 is 39.8 Å². The summed E-state index contributed by atoms with van der Waals surface area (Å²) in [5.41, 5.74) is 0.624. The van der Waals surface area contributed by atoms with E-state index in [2.05, 4.69) is 0 Å². The van der Waals surface area contributed by atoms with Crippen molar-refractivity contribution in [2.24, 2.45) is 0 Å². The van der Waals surface area contributed by atoms with Crippen molar-refractivity contribution >= 4 is 55.3 Å². The van der Waals surface area contributed by atoms with Crippen molar-refractivity contribution in [1.29, 1.82) is 0 Å². The van der Waals surface area contributed by atoms with Crippen LogP contribution < -0.4 is 0 Å². The molecule has 34 heavy (non-hydrogen) atoms. The summed E-state index contributed by atoms with van der Waals surface area (Å²) in [4.78, 5) is 0. The number of hydrogen-bond donors (Lipinski definition) is 6. The SMILES string of the molecule is Oc1c(O)c(O)c2c(ooc3c(Cl)c(O)c(O)c4c3c3c2cccc3n4-c2ccccc2)c1O. The van der Waals surface area contributed by atoms with Crippen molar-refractivity contribution in [1.82, 2.24) is 4.57 Å². The van der Waals surface area contributed by atoms with Gasteiger partial charge in [-0.2, -0.15) is 0 Å². The lowest BCUT2D eigenvalue weighted by atomic mass is 10.0. The predicted molar refractivity (Wildman–Crippen MR) is 124 cm³/mol. The Morgan fingerprint density at radius 2 is 1.26 bits per heavy atom. The fourth-order valence-electron chi connectivity index (χ4n) is 4.44. The fourth-order valence-corrected chi connectivity index (χ4v) is 4.66. The first-order valence-corrected chi connectivity index (χ1v) is 10.3. The second kappa shape index (κ2) is 6.69. The number of hydrogen-bond acceptors (Lipinski definition) is 8. The number of nitrogens with zero attached hydrogens (tertiary/aromatic N) is 1. The Hall–Kier alpha value is -4.63. The van der Waals surface area contributed by atoms with Crippen LogP contribution >= 0.6 is 11.6 Å². The third-order valence-corrected chi connectivity index (χ3v) is 6.27. The van der Waals surface area contributed by atoms with E-state index in [4.69, 9.17) is 20.8 Å². The Morgan fingerprint density at radius 3 is 2.00 bits per heavy atom. The topological polar surface area (TPSA) is 153 Å². The van der Waals surface area contributed by atoms with E-state index in [-0.39, 0.29) is 32.3 Å². The van der Waals surface area contributed by atoms with Gasteiger partial charge in [0.1, 0.15) is 10.5 Å². The van der Waals surface area contributed by atoms with Crippen molar-refractivity contribution in [3.8, 4) is 40.2 Å². The maximum atomic E-state index is 10.9. The maximum absolute atomic E-state index is 10.9. The number of aromatic nitrogens is 1. The lowest BCUT2D eigenvalue weighted by Gasteiger charge is -2.10. The van der Waals surface area contributed by atoms with Crippen LogP contribution in [0, 0.1) is 0 Å². The fraction of sp³-hybridized carbons (Fsp3) is 0. The Morgan fingerprint density at radius 1 is 0.588 bits per heavy atom. The molecule has 0 aliphatic carbocycles. The zero-order chi connectivity index (χ0) is 23.9. The molecule has 0 radical (unpaired) electrons. The van der Waals surface area contributed by atoms with E-state index >= 15 is 0 Å². The minimum atomic E-state index is -1.01. The minimum Gasteiger partial charge on any atom is -0.504 e. The third kappa shape index (κ3) is 2.33. The summed E-state index contributed by atoms with van der Waals surface area (Å²) < 4.78 is 12.4. The van der Waals surface area contributed by atoms with Crippen molar-refractivity contribution in [2.45, 2.75) is 0 Å². The third-order valence-electron chi connectivity index (χ3n) is 5.92. The molecule has 0 bridgehead atoms. The van der Waals surface area contributed by atoms with Gasteiger partial charge in [-0.25, -0.2) is 0 Å². The molecule has 0 unspecified atom stereocenters. The normalized spacial score (nSPS) is 11.8. The number of para-hydroxylation sites is 1. The van der Waals surface area contributed by atoms with Crippen LogP contribution in [0.5, 0.6) is 34.5 Å². The molecule has 10 heteroatoms. The Bertz CT molecular complexity index is 1830. The summed E-state index contributed by atoms with van der Waals surface area (Å²) in [5.74, 6) is -4.79. The van der Waals surface area contributed by atoms with Gasteiger partial charge >= 0.3 is 0 Å². The molecule has 4 aromatic carbocycles. The lowest BCUT2D eigenvalue weighted by Crippen LogP contribution is -1.93. The molecule has 170 valence electrons. The highest BCUT2D eigenvalue weighted by Gasteiger charge is 2.29. The van der Waals surface area contributed by atoms with Gasteiger partial charge in [-0.1, -0.05) is 41.9 Å². The van der Waals surface area contributed by atoms with Crippen LogP contribution in [0.25, 0.3) is 49.4 Å². The number of aromatic hydroxyl groups is 6. The molecule has 2 heterocycles. The summed E-state index contributed by atoms with van der Waals surface area (Å²) in [7, 11) is 0. The molecule has 0 saturated carbocycles. The van der Waals surface area contributed by atoms with E-state index in [1.165, 1.54) is 0 Å². The summed E-state index contributed by atoms with van der Waals surface area (Å²) in [6, 6.07) is 14.0. The molecule has 6 aromatic rings. The van der Waals surface area contributed by atoms with Crippen LogP contribution in [0.1, 0.15) is 0 Å². The molecule has 0 saturated heterocycles. The number of fused-ring (bicyclic) bond motifs is 2. The van der Waals surface area contributed by atoms with Crippen LogP contribution in [-0.4, -0.2) is 35.2 Å². The van der Waals surface area contributed by atoms with Gasteiger partial charge in [0.15, 0.2) is 17.2 Å². The first kappa shape index (κ1) is 20.0. The molecule has 0 atom stereocenters. The van der Waals surface area contributed by atoms with Crippen LogP contribution in [0.3, 0.4) is 0 Å². The number of phenolic OH excluding ortho intramolecular Hbond substituents is 6. The first-order valence-electron chi connectivity index (χ1n) is 9.93. The van der Waals surface area contributed by atoms with Crippen LogP contribution in [-0.2, 0) is 0 Å². The molecular formula is C24H14ClNO8. The molecule has 0 fully saturated rings. The van der Waals surface area contributed by atoms with Crippen molar-refractivity contribution in [3.63, 3.8) is 0 Å². The van der Waals surface area contributed by atoms with Gasteiger partial charge in [0.05, 0.1) is 16.3 Å². The summed E-state index contributed by atoms with van der Waals surface area (Å²) in [6.07, 6.45) is 0. The Balaban J connectivity index is 2.06. The highest BCUT2D eigenvalue weighted by molar-refractivity contribution is 6.40. The Labute approximate surface area is 193 Å². The molecule has 9 nitrogen and oxygen atoms in total. The Kier molecular flexibility index (Phi) is 3.94. The number of halogens is 1. The van der Waals surface area contributed by atoms with Gasteiger partial charge in [0, 0.05) is 11.1 Å². The molecule has 0 aliphatic heterocycles. The van der Waals surface area contributed by atoms with Crippen LogP contribution in [0.2, 0.25) is 5.02 Å². The van der Waals surface area contributed by atoms with Gasteiger partial charge < -0.3 is 35.2 Å². The van der Waals surface area contributed by atoms with Gasteiger partial charge in [0.25, 0.3) is 0 Å². The highest BCUT2D eigenvalue weighted by atomic mass is 35.5. The monoisotopic (exact) mass is 479 g/mol. The average Bonchev–Trinajstić information content (AvgIpc) is 3.19. The smallest absolute Gasteiger partial charge is 0.235 e. The number of rotatable bonds is 1. The lowest BCUT2D eigenvalue weighted by molar-refractivity contribution is 0.0887. The molecular weight excluding hydrogens is 466 g/mol. The van der Waals surface area contributed by atoms with Gasteiger partial charge in [-0.15, -0.1) is 0 Å². The molecule has 6 N–H and O–H groups in total. The van der Waals surface area contributed by atoms with Crippen molar-refractivity contribution in [2.75, 3.05) is 0 Å². The predicted octanol–water partition coefficient (Wildman–Crippen LogP) is 5.73. The molecule has 6 rings (SSSR count). The highest BCUT2D eigenvalue weighted by Crippen LogP contribution is 2.54. The van der Waals surface area contributed by atoms with E-state index in [1.807, 2.05) is 6.07 Å². The van der Waals surface area contributed by atoms with E-state index in [9.17, 15) is 30.6 Å². The zero-order valence-electron chi connectivity index (χ0n) is 16.9. The van der Waals surface area contributed by atoms with Gasteiger partial charge in [0.2, 0.25) is 28.4 Å². The van der Waals surface area contributed by atoms with E-state index in [1.54, 1.807) is 47.0 Å². The van der Waals surface area contributed by atoms with Gasteiger partial charge in [-0.05, 0) is 23.6 Å². The van der Waals surface area contributed by atoms with Crippen LogP contribution in [0.4, 0.5) is 0 Å².